The van der Waals surface area contributed by atoms with Crippen molar-refractivity contribution >= 4 is 29.6 Å². The summed E-state index contributed by atoms with van der Waals surface area (Å²) in [5.74, 6) is -1.82. The Morgan fingerprint density at radius 1 is 1.26 bits per heavy atom. The van der Waals surface area contributed by atoms with Crippen LogP contribution in [-0.2, 0) is 72.5 Å². The van der Waals surface area contributed by atoms with E-state index in [1.165, 1.54) is 30.9 Å². The Kier molecular flexibility index (Phi) is 12.6. The molecule has 3 heterocycles. The molecule has 2 N–H and O–H groups in total. The number of nitrogens with one attached hydrogen (secondary N) is 1. The molecule has 4 rings (SSSR count). The summed E-state index contributed by atoms with van der Waals surface area (Å²) in [6.45, 7) is 10.3. The number of hydrogen-bond acceptors (Lipinski definition) is 9. The van der Waals surface area contributed by atoms with Crippen molar-refractivity contribution in [2.45, 2.75) is 103 Å². The van der Waals surface area contributed by atoms with Crippen LogP contribution in [0.15, 0.2) is 35.9 Å². The van der Waals surface area contributed by atoms with E-state index >= 15 is 0 Å². The number of likely N-dealkylation sites (N-methyl/N-ethyl adjacent to an activating group) is 1. The first-order chi connectivity index (χ1) is 21.5. The Hall–Kier alpha value is -2.64. The van der Waals surface area contributed by atoms with Gasteiger partial charge in [0.25, 0.3) is 0 Å². The zero-order chi connectivity index (χ0) is 34.1. The summed E-state index contributed by atoms with van der Waals surface area (Å²) < 4.78 is 23.4. The maximum atomic E-state index is 13.8. The minimum Gasteiger partial charge on any atom is -0.457 e. The molecule has 3 aliphatic heterocycles. The van der Waals surface area contributed by atoms with E-state index in [0.29, 0.717) is 12.1 Å². The SMILES string of the molecule is CO[C@@H]1/C=C/C=C(\C)Cc2cc(C)[c-]c(c2)N(C)C(=O)C[C@H](OC(=O)C(C)N(C)C(C)=O)C2(C)OC2[C@H](C)C2C[C@@]1(O)NC(=O)O2.[Y]. The number of aryl methyl sites for hydroxylation is 1. The van der Waals surface area contributed by atoms with Crippen molar-refractivity contribution in [1.82, 2.24) is 10.2 Å². The number of carbonyl (C=O) groups is 4. The van der Waals surface area contributed by atoms with E-state index < -0.39 is 59.8 Å². The zero-order valence-corrected chi connectivity index (χ0v) is 31.5. The van der Waals surface area contributed by atoms with Gasteiger partial charge >= 0.3 is 12.1 Å². The minimum atomic E-state index is -1.78. The third kappa shape index (κ3) is 8.70. The van der Waals surface area contributed by atoms with Gasteiger partial charge in [0.15, 0.2) is 5.72 Å². The summed E-state index contributed by atoms with van der Waals surface area (Å²) >= 11 is 0. The summed E-state index contributed by atoms with van der Waals surface area (Å²) in [5, 5.41) is 14.1. The third-order valence-electron chi connectivity index (χ3n) is 9.38. The first kappa shape index (κ1) is 38.8. The first-order valence-corrected chi connectivity index (χ1v) is 15.5. The van der Waals surface area contributed by atoms with Gasteiger partial charge in [-0.25, -0.2) is 9.59 Å². The van der Waals surface area contributed by atoms with Crippen molar-refractivity contribution in [1.29, 1.82) is 0 Å². The van der Waals surface area contributed by atoms with Gasteiger partial charge in [0.1, 0.15) is 30.0 Å². The quantitative estimate of drug-likeness (QED) is 0.271. The average Bonchev–Trinajstić information content (AvgIpc) is 3.68. The number of alkyl carbamates (subject to hydrolysis) is 1. The fourth-order valence-electron chi connectivity index (χ4n) is 6.19. The van der Waals surface area contributed by atoms with Crippen LogP contribution < -0.4 is 10.2 Å². The number of aliphatic hydroxyl groups is 1. The largest absolute Gasteiger partial charge is 0.457 e. The number of nitrogens with zero attached hydrogens (tertiary/aromatic N) is 2. The van der Waals surface area contributed by atoms with E-state index in [1.807, 2.05) is 39.0 Å². The van der Waals surface area contributed by atoms with Gasteiger partial charge in [-0.1, -0.05) is 43.3 Å². The number of benzene rings is 1. The maximum Gasteiger partial charge on any atom is 0.409 e. The fraction of sp³-hybridized carbons (Fsp3) is 0.588. The summed E-state index contributed by atoms with van der Waals surface area (Å²) in [5.41, 5.74) is 0.460. The Balaban J connectivity index is 0.00000600. The second kappa shape index (κ2) is 15.3. The van der Waals surface area contributed by atoms with E-state index in [4.69, 9.17) is 18.9 Å². The van der Waals surface area contributed by atoms with Crippen molar-refractivity contribution in [3.05, 3.63) is 53.1 Å². The van der Waals surface area contributed by atoms with Gasteiger partial charge in [-0.2, -0.15) is 23.3 Å². The molecule has 0 aliphatic carbocycles. The van der Waals surface area contributed by atoms with Gasteiger partial charge < -0.3 is 33.9 Å². The number of carbonyl (C=O) groups excluding carboxylic acids is 4. The second-order valence-corrected chi connectivity index (χ2v) is 13.0. The monoisotopic (exact) mass is 729 g/mol. The van der Waals surface area contributed by atoms with Crippen LogP contribution in [0, 0.1) is 18.9 Å². The number of esters is 1. The number of ether oxygens (including phenoxy) is 4. The number of anilines is 1. The number of allylic oxidation sites excluding steroid dienone is 3. The molecule has 4 bridgehead atoms. The predicted octanol–water partition coefficient (Wildman–Crippen LogP) is 2.98. The zero-order valence-electron chi connectivity index (χ0n) is 28.7. The second-order valence-electron chi connectivity index (χ2n) is 13.0. The molecule has 255 valence electrons. The van der Waals surface area contributed by atoms with Crippen molar-refractivity contribution in [3.8, 4) is 0 Å². The minimum absolute atomic E-state index is 0. The van der Waals surface area contributed by atoms with E-state index in [2.05, 4.69) is 11.4 Å². The molecular formula is C34H46N3O9Y-. The number of rotatable bonds is 4. The van der Waals surface area contributed by atoms with Crippen LogP contribution in [0.3, 0.4) is 0 Å². The number of fused-ring (bicyclic) bond motifs is 5. The molecule has 0 aromatic heterocycles. The Bertz CT molecular complexity index is 1430. The van der Waals surface area contributed by atoms with Crippen molar-refractivity contribution in [2.75, 3.05) is 26.1 Å². The van der Waals surface area contributed by atoms with Crippen LogP contribution in [0.5, 0.6) is 0 Å². The van der Waals surface area contributed by atoms with E-state index in [1.54, 1.807) is 33.0 Å². The van der Waals surface area contributed by atoms with Crippen LogP contribution in [0.1, 0.15) is 58.6 Å². The molecule has 12 nitrogen and oxygen atoms in total. The summed E-state index contributed by atoms with van der Waals surface area (Å²) in [6, 6.07) is 6.22. The molecule has 0 saturated carbocycles. The Morgan fingerprint density at radius 2 is 1.94 bits per heavy atom. The van der Waals surface area contributed by atoms with Gasteiger partial charge in [-0.15, -0.1) is 6.07 Å². The van der Waals surface area contributed by atoms with Gasteiger partial charge in [0.05, 0.1) is 12.5 Å². The van der Waals surface area contributed by atoms with Crippen LogP contribution in [-0.4, -0.2) is 96.9 Å². The van der Waals surface area contributed by atoms with E-state index in [-0.39, 0.29) is 57.4 Å². The summed E-state index contributed by atoms with van der Waals surface area (Å²) in [6.07, 6.45) is 1.54. The molecule has 13 heteroatoms. The Morgan fingerprint density at radius 3 is 2.57 bits per heavy atom. The first-order valence-electron chi connectivity index (χ1n) is 15.5. The molecule has 2 fully saturated rings. The fourth-order valence-corrected chi connectivity index (χ4v) is 6.19. The summed E-state index contributed by atoms with van der Waals surface area (Å²) in [4.78, 5) is 54.5. The molecule has 47 heavy (non-hydrogen) atoms. The van der Waals surface area contributed by atoms with Crippen LogP contribution in [0.25, 0.3) is 0 Å². The number of methoxy groups -OCH3 is 1. The standard InChI is InChI=1S/C34H46N3O9.Y/c1-19-11-10-12-27(43-9)34(42)18-26(44-32(41)35-34)21(3)30-33(6,46-30)28(45-31(40)22(4)36(7)23(5)38)17-29(39)37(8)25-15-20(2)14-24(13-19)16-25;/h10-12,14,16,21-22,26-28,30,42H,13,17-18H2,1-9H3,(H,35,41);/q-1;/b12-10+,19-11+;/t21-,22?,26?,27-,28+,30?,33?,34+;/m1./s1. The molecule has 1 aromatic rings. The Labute approximate surface area is 302 Å². The average molecular weight is 730 g/mol. The summed E-state index contributed by atoms with van der Waals surface area (Å²) in [7, 11) is 4.59. The number of hydrogen-bond donors (Lipinski definition) is 2. The molecule has 3 aliphatic rings. The molecule has 1 aromatic carbocycles. The van der Waals surface area contributed by atoms with Crippen molar-refractivity contribution in [3.63, 3.8) is 0 Å². The topological polar surface area (TPSA) is 147 Å². The smallest absolute Gasteiger partial charge is 0.409 e. The van der Waals surface area contributed by atoms with Gasteiger partial charge in [0.2, 0.25) is 11.8 Å². The molecule has 1 radical (unpaired) electrons. The van der Waals surface area contributed by atoms with Crippen LogP contribution in [0.2, 0.25) is 0 Å². The molecule has 0 spiro atoms. The molecule has 8 atom stereocenters. The third-order valence-corrected chi connectivity index (χ3v) is 9.38. The maximum absolute atomic E-state index is 13.8. The van der Waals surface area contributed by atoms with E-state index in [9.17, 15) is 24.3 Å². The molecular weight excluding hydrogens is 683 g/mol. The van der Waals surface area contributed by atoms with Gasteiger partial charge in [0, 0.05) is 73.2 Å². The van der Waals surface area contributed by atoms with Gasteiger partial charge in [-0.05, 0) is 27.2 Å². The van der Waals surface area contributed by atoms with Crippen molar-refractivity contribution in [2.24, 2.45) is 5.92 Å². The predicted molar refractivity (Wildman–Crippen MR) is 169 cm³/mol. The normalized spacial score (nSPS) is 33.4. The van der Waals surface area contributed by atoms with Gasteiger partial charge in [-0.3, -0.25) is 14.9 Å². The number of epoxide rings is 1. The molecule has 4 unspecified atom stereocenters. The van der Waals surface area contributed by atoms with Crippen LogP contribution >= 0.6 is 0 Å². The molecule has 3 amide bonds. The van der Waals surface area contributed by atoms with Crippen molar-refractivity contribution < 1.29 is 75.9 Å². The number of amides is 3. The molecule has 2 saturated heterocycles. The van der Waals surface area contributed by atoms with Crippen LogP contribution in [0.4, 0.5) is 10.5 Å². The van der Waals surface area contributed by atoms with E-state index in [0.717, 1.165) is 16.7 Å².